The maximum Gasteiger partial charge on any atom is 0.258 e. The molecule has 0 bridgehead atoms. The third kappa shape index (κ3) is 5.20. The zero-order valence-electron chi connectivity index (χ0n) is 11.6. The SMILES string of the molecule is CC(C)C(C)NC(=O)COc1ccc(CN)cc1Br. The standard InChI is InChI=1S/C14H21BrN2O2/c1-9(2)10(3)17-14(18)8-19-13-5-4-11(7-16)6-12(13)15/h4-6,9-10H,7-8,16H2,1-3H3,(H,17,18). The van der Waals surface area contributed by atoms with Crippen molar-refractivity contribution in [3.05, 3.63) is 28.2 Å². The lowest BCUT2D eigenvalue weighted by Gasteiger charge is -2.17. The van der Waals surface area contributed by atoms with Crippen molar-refractivity contribution in [2.24, 2.45) is 11.7 Å². The number of hydrogen-bond acceptors (Lipinski definition) is 3. The predicted octanol–water partition coefficient (Wildman–Crippen LogP) is 2.45. The van der Waals surface area contributed by atoms with E-state index < -0.39 is 0 Å². The summed E-state index contributed by atoms with van der Waals surface area (Å²) in [6, 6.07) is 5.73. The smallest absolute Gasteiger partial charge is 0.258 e. The summed E-state index contributed by atoms with van der Waals surface area (Å²) < 4.78 is 6.28. The average molecular weight is 329 g/mol. The molecule has 1 aromatic carbocycles. The van der Waals surface area contributed by atoms with E-state index in [1.807, 2.05) is 25.1 Å². The van der Waals surface area contributed by atoms with Gasteiger partial charge in [-0.05, 0) is 46.5 Å². The van der Waals surface area contributed by atoms with Crippen molar-refractivity contribution in [3.63, 3.8) is 0 Å². The molecule has 4 nitrogen and oxygen atoms in total. The van der Waals surface area contributed by atoms with Crippen LogP contribution in [0.5, 0.6) is 5.75 Å². The van der Waals surface area contributed by atoms with Crippen LogP contribution in [0.4, 0.5) is 0 Å². The largest absolute Gasteiger partial charge is 0.483 e. The Kier molecular flexibility index (Phi) is 6.31. The molecule has 0 fully saturated rings. The van der Waals surface area contributed by atoms with Crippen molar-refractivity contribution in [1.82, 2.24) is 5.32 Å². The lowest BCUT2D eigenvalue weighted by molar-refractivity contribution is -0.124. The molecule has 0 aromatic heterocycles. The maximum atomic E-state index is 11.7. The topological polar surface area (TPSA) is 64.3 Å². The van der Waals surface area contributed by atoms with Crippen molar-refractivity contribution in [2.45, 2.75) is 33.4 Å². The Bertz CT molecular complexity index is 435. The molecule has 1 aromatic rings. The molecule has 0 aliphatic heterocycles. The fourth-order valence-corrected chi connectivity index (χ4v) is 1.93. The van der Waals surface area contributed by atoms with Gasteiger partial charge in [-0.3, -0.25) is 4.79 Å². The molecule has 1 unspecified atom stereocenters. The molecule has 106 valence electrons. The average Bonchev–Trinajstić information content (AvgIpc) is 2.36. The van der Waals surface area contributed by atoms with Crippen LogP contribution in [0.15, 0.2) is 22.7 Å². The molecule has 3 N–H and O–H groups in total. The van der Waals surface area contributed by atoms with Crippen molar-refractivity contribution < 1.29 is 9.53 Å². The zero-order valence-corrected chi connectivity index (χ0v) is 13.2. The highest BCUT2D eigenvalue weighted by Crippen LogP contribution is 2.25. The molecule has 0 saturated heterocycles. The van der Waals surface area contributed by atoms with Gasteiger partial charge in [0.15, 0.2) is 6.61 Å². The maximum absolute atomic E-state index is 11.7. The number of carbonyl (C=O) groups excluding carboxylic acids is 1. The summed E-state index contributed by atoms with van der Waals surface area (Å²) in [6.45, 7) is 6.60. The summed E-state index contributed by atoms with van der Waals surface area (Å²) in [4.78, 5) is 11.7. The number of nitrogens with one attached hydrogen (secondary N) is 1. The quantitative estimate of drug-likeness (QED) is 0.843. The summed E-state index contributed by atoms with van der Waals surface area (Å²) in [5.74, 6) is 0.931. The highest BCUT2D eigenvalue weighted by molar-refractivity contribution is 9.10. The summed E-state index contributed by atoms with van der Waals surface area (Å²) >= 11 is 3.40. The number of ether oxygens (including phenoxy) is 1. The Morgan fingerprint density at radius 2 is 2.11 bits per heavy atom. The number of rotatable bonds is 6. The molecule has 0 aliphatic rings. The van der Waals surface area contributed by atoms with Crippen LogP contribution in [0.3, 0.4) is 0 Å². The molecule has 5 heteroatoms. The molecule has 1 rings (SSSR count). The fraction of sp³-hybridized carbons (Fsp3) is 0.500. The summed E-state index contributed by atoms with van der Waals surface area (Å²) in [7, 11) is 0. The number of carbonyl (C=O) groups is 1. The van der Waals surface area contributed by atoms with Gasteiger partial charge in [-0.1, -0.05) is 19.9 Å². The highest BCUT2D eigenvalue weighted by atomic mass is 79.9. The molecule has 0 heterocycles. The first-order valence-electron chi connectivity index (χ1n) is 6.34. The molecular weight excluding hydrogens is 308 g/mol. The number of halogens is 1. The van der Waals surface area contributed by atoms with Gasteiger partial charge in [-0.15, -0.1) is 0 Å². The van der Waals surface area contributed by atoms with E-state index in [1.54, 1.807) is 0 Å². The van der Waals surface area contributed by atoms with E-state index in [9.17, 15) is 4.79 Å². The van der Waals surface area contributed by atoms with Gasteiger partial charge in [0.2, 0.25) is 0 Å². The Morgan fingerprint density at radius 1 is 1.42 bits per heavy atom. The molecule has 0 spiro atoms. The van der Waals surface area contributed by atoms with E-state index in [2.05, 4.69) is 35.1 Å². The monoisotopic (exact) mass is 328 g/mol. The summed E-state index contributed by atoms with van der Waals surface area (Å²) in [5.41, 5.74) is 6.56. The molecule has 0 aliphatic carbocycles. The highest BCUT2D eigenvalue weighted by Gasteiger charge is 2.11. The van der Waals surface area contributed by atoms with Gasteiger partial charge in [-0.25, -0.2) is 0 Å². The summed E-state index contributed by atoms with van der Waals surface area (Å²) in [5, 5.41) is 2.89. The van der Waals surface area contributed by atoms with Crippen molar-refractivity contribution >= 4 is 21.8 Å². The van der Waals surface area contributed by atoms with Crippen LogP contribution in [0.1, 0.15) is 26.3 Å². The van der Waals surface area contributed by atoms with Crippen LogP contribution in [-0.4, -0.2) is 18.6 Å². The Hall–Kier alpha value is -1.07. The molecule has 1 atom stereocenters. The van der Waals surface area contributed by atoms with E-state index >= 15 is 0 Å². The van der Waals surface area contributed by atoms with Crippen molar-refractivity contribution in [3.8, 4) is 5.75 Å². The van der Waals surface area contributed by atoms with E-state index in [-0.39, 0.29) is 18.6 Å². The second-order valence-corrected chi connectivity index (χ2v) is 5.71. The first kappa shape index (κ1) is 16.0. The van der Waals surface area contributed by atoms with Gasteiger partial charge in [0.1, 0.15) is 5.75 Å². The summed E-state index contributed by atoms with van der Waals surface area (Å²) in [6.07, 6.45) is 0. The van der Waals surface area contributed by atoms with Crippen molar-refractivity contribution in [2.75, 3.05) is 6.61 Å². The minimum atomic E-state index is -0.115. The third-order valence-electron chi connectivity index (χ3n) is 2.98. The molecule has 0 saturated carbocycles. The van der Waals surface area contributed by atoms with Gasteiger partial charge < -0.3 is 15.8 Å². The zero-order chi connectivity index (χ0) is 14.4. The Labute approximate surface area is 122 Å². The van der Waals surface area contributed by atoms with E-state index in [1.165, 1.54) is 0 Å². The van der Waals surface area contributed by atoms with Crippen LogP contribution >= 0.6 is 15.9 Å². The fourth-order valence-electron chi connectivity index (χ4n) is 1.39. The Morgan fingerprint density at radius 3 is 2.63 bits per heavy atom. The number of nitrogens with two attached hydrogens (primary N) is 1. The predicted molar refractivity (Wildman–Crippen MR) is 80.0 cm³/mol. The van der Waals surface area contributed by atoms with Crippen LogP contribution in [0.2, 0.25) is 0 Å². The normalized spacial score (nSPS) is 12.3. The van der Waals surface area contributed by atoms with E-state index in [0.717, 1.165) is 10.0 Å². The van der Waals surface area contributed by atoms with Crippen LogP contribution in [0.25, 0.3) is 0 Å². The second kappa shape index (κ2) is 7.50. The molecule has 19 heavy (non-hydrogen) atoms. The molecular formula is C14H21BrN2O2. The van der Waals surface area contributed by atoms with Gasteiger partial charge in [0.05, 0.1) is 4.47 Å². The van der Waals surface area contributed by atoms with Gasteiger partial charge >= 0.3 is 0 Å². The lowest BCUT2D eigenvalue weighted by Crippen LogP contribution is -2.38. The Balaban J connectivity index is 2.50. The first-order chi connectivity index (χ1) is 8.93. The van der Waals surface area contributed by atoms with Crippen LogP contribution in [-0.2, 0) is 11.3 Å². The van der Waals surface area contributed by atoms with E-state index in [4.69, 9.17) is 10.5 Å². The van der Waals surface area contributed by atoms with Gasteiger partial charge in [0.25, 0.3) is 5.91 Å². The number of hydrogen-bond donors (Lipinski definition) is 2. The number of benzene rings is 1. The minimum absolute atomic E-state index is 0.0115. The minimum Gasteiger partial charge on any atom is -0.483 e. The van der Waals surface area contributed by atoms with Crippen LogP contribution < -0.4 is 15.8 Å². The van der Waals surface area contributed by atoms with E-state index in [0.29, 0.717) is 18.2 Å². The molecule has 0 radical (unpaired) electrons. The second-order valence-electron chi connectivity index (χ2n) is 4.86. The van der Waals surface area contributed by atoms with Crippen molar-refractivity contribution in [1.29, 1.82) is 0 Å². The third-order valence-corrected chi connectivity index (χ3v) is 3.60. The van der Waals surface area contributed by atoms with Gasteiger partial charge in [0, 0.05) is 12.6 Å². The van der Waals surface area contributed by atoms with Gasteiger partial charge in [-0.2, -0.15) is 0 Å². The lowest BCUT2D eigenvalue weighted by atomic mass is 10.1. The number of amides is 1. The first-order valence-corrected chi connectivity index (χ1v) is 7.14. The molecule has 1 amide bonds. The van der Waals surface area contributed by atoms with Crippen LogP contribution in [0, 0.1) is 5.92 Å².